The Morgan fingerprint density at radius 1 is 1.62 bits per heavy atom. The lowest BCUT2D eigenvalue weighted by molar-refractivity contribution is 0.0964. The van der Waals surface area contributed by atoms with Crippen molar-refractivity contribution in [2.24, 2.45) is 0 Å². The summed E-state index contributed by atoms with van der Waals surface area (Å²) in [5.74, 6) is 0. The van der Waals surface area contributed by atoms with Gasteiger partial charge in [0.1, 0.15) is 0 Å². The summed E-state index contributed by atoms with van der Waals surface area (Å²) in [6.45, 7) is 7.16. The van der Waals surface area contributed by atoms with Gasteiger partial charge in [-0.2, -0.15) is 0 Å². The molecular formula is C12H20O. The number of rotatable bonds is 3. The van der Waals surface area contributed by atoms with E-state index in [0.29, 0.717) is 6.10 Å². The topological polar surface area (TPSA) is 9.23 Å². The van der Waals surface area contributed by atoms with Gasteiger partial charge < -0.3 is 4.74 Å². The van der Waals surface area contributed by atoms with Crippen molar-refractivity contribution in [3.8, 4) is 0 Å². The maximum absolute atomic E-state index is 5.71. The third kappa shape index (κ3) is 4.28. The molecule has 1 heteroatoms. The second-order valence-corrected chi connectivity index (χ2v) is 4.06. The van der Waals surface area contributed by atoms with E-state index >= 15 is 0 Å². The molecule has 0 amide bonds. The van der Waals surface area contributed by atoms with Gasteiger partial charge in [-0.25, -0.2) is 0 Å². The molecule has 0 N–H and O–H groups in total. The maximum Gasteiger partial charge on any atom is 0.0762 e. The van der Waals surface area contributed by atoms with Crippen LogP contribution in [0.3, 0.4) is 0 Å². The van der Waals surface area contributed by atoms with Crippen molar-refractivity contribution >= 4 is 0 Å². The smallest absolute Gasteiger partial charge is 0.0762 e. The molecule has 1 rings (SSSR count). The van der Waals surface area contributed by atoms with E-state index in [1.165, 1.54) is 30.4 Å². The van der Waals surface area contributed by atoms with Crippen LogP contribution in [-0.4, -0.2) is 12.7 Å². The number of allylic oxidation sites excluding steroid dienone is 2. The van der Waals surface area contributed by atoms with Crippen molar-refractivity contribution in [2.75, 3.05) is 6.61 Å². The largest absolute Gasteiger partial charge is 0.370 e. The van der Waals surface area contributed by atoms with Crippen molar-refractivity contribution in [3.63, 3.8) is 0 Å². The molecule has 0 heterocycles. The minimum absolute atomic E-state index is 0.365. The molecule has 1 aliphatic rings. The summed E-state index contributed by atoms with van der Waals surface area (Å²) in [5, 5.41) is 0. The quantitative estimate of drug-likeness (QED) is 0.604. The molecule has 0 spiro atoms. The van der Waals surface area contributed by atoms with Gasteiger partial charge in [0.05, 0.1) is 12.7 Å². The summed E-state index contributed by atoms with van der Waals surface area (Å²) in [6, 6.07) is 0. The van der Waals surface area contributed by atoms with Crippen LogP contribution in [0.25, 0.3) is 0 Å². The van der Waals surface area contributed by atoms with E-state index in [0.717, 1.165) is 6.61 Å². The fourth-order valence-corrected chi connectivity index (χ4v) is 1.54. The number of ether oxygens (including phenoxy) is 1. The van der Waals surface area contributed by atoms with E-state index in [2.05, 4.69) is 32.9 Å². The fraction of sp³-hybridized carbons (Fsp3) is 0.667. The summed E-state index contributed by atoms with van der Waals surface area (Å²) in [7, 11) is 0. The molecule has 1 atom stereocenters. The summed E-state index contributed by atoms with van der Waals surface area (Å²) in [6.07, 6.45) is 8.49. The fourth-order valence-electron chi connectivity index (χ4n) is 1.54. The molecule has 0 saturated heterocycles. The Bertz CT molecular complexity index is 209. The van der Waals surface area contributed by atoms with Gasteiger partial charge in [0, 0.05) is 0 Å². The Morgan fingerprint density at radius 3 is 3.00 bits per heavy atom. The predicted octanol–water partition coefficient (Wildman–Crippen LogP) is 3.47. The summed E-state index contributed by atoms with van der Waals surface area (Å²) < 4.78 is 5.71. The SMILES string of the molecule is CC(C)=CCOC1C=C(C)CCC1. The van der Waals surface area contributed by atoms with Crippen molar-refractivity contribution in [1.82, 2.24) is 0 Å². The molecule has 0 aromatic carbocycles. The Hall–Kier alpha value is -0.560. The van der Waals surface area contributed by atoms with Crippen LogP contribution >= 0.6 is 0 Å². The van der Waals surface area contributed by atoms with Gasteiger partial charge in [0.15, 0.2) is 0 Å². The Kier molecular flexibility index (Phi) is 4.23. The molecule has 0 aliphatic heterocycles. The first-order chi connectivity index (χ1) is 6.18. The van der Waals surface area contributed by atoms with Crippen molar-refractivity contribution < 1.29 is 4.74 Å². The van der Waals surface area contributed by atoms with Gasteiger partial charge in [-0.15, -0.1) is 0 Å². The van der Waals surface area contributed by atoms with Crippen LogP contribution in [0, 0.1) is 0 Å². The first-order valence-electron chi connectivity index (χ1n) is 5.11. The van der Waals surface area contributed by atoms with E-state index in [4.69, 9.17) is 4.74 Å². The van der Waals surface area contributed by atoms with E-state index < -0.39 is 0 Å². The Balaban J connectivity index is 2.29. The van der Waals surface area contributed by atoms with Gasteiger partial charge in [0.2, 0.25) is 0 Å². The van der Waals surface area contributed by atoms with Crippen LogP contribution < -0.4 is 0 Å². The van der Waals surface area contributed by atoms with Gasteiger partial charge >= 0.3 is 0 Å². The molecule has 0 radical (unpaired) electrons. The lowest BCUT2D eigenvalue weighted by atomic mass is 9.99. The van der Waals surface area contributed by atoms with E-state index in [-0.39, 0.29) is 0 Å². The second-order valence-electron chi connectivity index (χ2n) is 4.06. The van der Waals surface area contributed by atoms with Crippen molar-refractivity contribution in [3.05, 3.63) is 23.3 Å². The van der Waals surface area contributed by atoms with Crippen LogP contribution in [0.1, 0.15) is 40.0 Å². The van der Waals surface area contributed by atoms with Gasteiger partial charge in [0.25, 0.3) is 0 Å². The molecule has 74 valence electrons. The molecular weight excluding hydrogens is 160 g/mol. The third-order valence-corrected chi connectivity index (χ3v) is 2.33. The van der Waals surface area contributed by atoms with Crippen LogP contribution in [0.2, 0.25) is 0 Å². The highest BCUT2D eigenvalue weighted by Crippen LogP contribution is 2.19. The Morgan fingerprint density at radius 2 is 2.38 bits per heavy atom. The van der Waals surface area contributed by atoms with Crippen LogP contribution in [0.4, 0.5) is 0 Å². The first-order valence-corrected chi connectivity index (χ1v) is 5.11. The molecule has 1 nitrogen and oxygen atoms in total. The minimum Gasteiger partial charge on any atom is -0.370 e. The van der Waals surface area contributed by atoms with Gasteiger partial charge in [-0.1, -0.05) is 23.3 Å². The van der Waals surface area contributed by atoms with Crippen LogP contribution in [0.5, 0.6) is 0 Å². The highest BCUT2D eigenvalue weighted by molar-refractivity contribution is 5.06. The average molecular weight is 180 g/mol. The molecule has 1 unspecified atom stereocenters. The summed E-state index contributed by atoms with van der Waals surface area (Å²) in [5.41, 5.74) is 2.81. The average Bonchev–Trinajstić information content (AvgIpc) is 2.03. The van der Waals surface area contributed by atoms with E-state index in [1.807, 2.05) is 0 Å². The maximum atomic E-state index is 5.71. The van der Waals surface area contributed by atoms with Crippen LogP contribution in [-0.2, 0) is 4.74 Å². The monoisotopic (exact) mass is 180 g/mol. The molecule has 0 saturated carbocycles. The first kappa shape index (κ1) is 10.5. The lowest BCUT2D eigenvalue weighted by Crippen LogP contribution is -2.14. The van der Waals surface area contributed by atoms with E-state index in [1.54, 1.807) is 0 Å². The number of hydrogen-bond donors (Lipinski definition) is 0. The van der Waals surface area contributed by atoms with E-state index in [9.17, 15) is 0 Å². The molecule has 13 heavy (non-hydrogen) atoms. The van der Waals surface area contributed by atoms with Gasteiger partial charge in [-0.05, 0) is 40.0 Å². The molecule has 0 bridgehead atoms. The third-order valence-electron chi connectivity index (χ3n) is 2.33. The number of hydrogen-bond acceptors (Lipinski definition) is 1. The highest BCUT2D eigenvalue weighted by Gasteiger charge is 2.10. The summed E-state index contributed by atoms with van der Waals surface area (Å²) >= 11 is 0. The zero-order valence-electron chi connectivity index (χ0n) is 8.97. The molecule has 0 aromatic heterocycles. The zero-order chi connectivity index (χ0) is 9.68. The lowest BCUT2D eigenvalue weighted by Gasteiger charge is -2.19. The summed E-state index contributed by atoms with van der Waals surface area (Å²) in [4.78, 5) is 0. The zero-order valence-corrected chi connectivity index (χ0v) is 8.97. The second kappa shape index (κ2) is 5.23. The molecule has 0 fully saturated rings. The Labute approximate surface area is 81.5 Å². The van der Waals surface area contributed by atoms with Crippen molar-refractivity contribution in [2.45, 2.75) is 46.1 Å². The highest BCUT2D eigenvalue weighted by atomic mass is 16.5. The predicted molar refractivity (Wildman–Crippen MR) is 56.8 cm³/mol. The van der Waals surface area contributed by atoms with Crippen LogP contribution in [0.15, 0.2) is 23.3 Å². The molecule has 1 aliphatic carbocycles. The minimum atomic E-state index is 0.365. The van der Waals surface area contributed by atoms with Gasteiger partial charge in [-0.3, -0.25) is 0 Å². The van der Waals surface area contributed by atoms with Crippen molar-refractivity contribution in [1.29, 1.82) is 0 Å². The normalized spacial score (nSPS) is 22.4. The molecule has 0 aromatic rings. The standard InChI is InChI=1S/C12H20O/c1-10(2)7-8-13-12-6-4-5-11(3)9-12/h7,9,12H,4-6,8H2,1-3H3.